The van der Waals surface area contributed by atoms with Gasteiger partial charge in [-0.3, -0.25) is 0 Å². The molecule has 1 N–H and O–H groups in total. The Morgan fingerprint density at radius 1 is 1.12 bits per heavy atom. The predicted molar refractivity (Wildman–Crippen MR) is 77.9 cm³/mol. The van der Waals surface area contributed by atoms with E-state index < -0.39 is 0 Å². The Hall–Kier alpha value is -0.640. The number of hydrogen-bond acceptors (Lipinski definition) is 3. The molecule has 1 unspecified atom stereocenters. The van der Waals surface area contributed by atoms with Crippen LogP contribution in [0.4, 0.5) is 0 Å². The van der Waals surface area contributed by atoms with Crippen LogP contribution in [-0.4, -0.2) is 6.54 Å². The van der Waals surface area contributed by atoms with Gasteiger partial charge in [-0.05, 0) is 35.4 Å². The number of thiophene rings is 2. The fourth-order valence-electron chi connectivity index (χ4n) is 1.77. The molecule has 3 heteroatoms. The van der Waals surface area contributed by atoms with E-state index in [0.29, 0.717) is 12.0 Å². The zero-order valence-corrected chi connectivity index (χ0v) is 12.0. The van der Waals surface area contributed by atoms with Crippen LogP contribution in [0.3, 0.4) is 0 Å². The van der Waals surface area contributed by atoms with Gasteiger partial charge in [-0.1, -0.05) is 26.0 Å². The lowest BCUT2D eigenvalue weighted by atomic mass is 10.1. The van der Waals surface area contributed by atoms with Crippen LogP contribution in [0.5, 0.6) is 0 Å². The molecule has 0 saturated heterocycles. The summed E-state index contributed by atoms with van der Waals surface area (Å²) in [5, 5.41) is 7.99. The summed E-state index contributed by atoms with van der Waals surface area (Å²) in [5.41, 5.74) is 0. The first-order chi connectivity index (χ1) is 8.25. The molecule has 2 heterocycles. The molecule has 0 saturated carbocycles. The fraction of sp³-hybridized carbons (Fsp3) is 0.429. The van der Waals surface area contributed by atoms with Crippen molar-refractivity contribution in [3.05, 3.63) is 44.8 Å². The van der Waals surface area contributed by atoms with E-state index in [1.54, 1.807) is 0 Å². The molecular formula is C14H19NS2. The van der Waals surface area contributed by atoms with Crippen LogP contribution in [0.1, 0.15) is 29.6 Å². The van der Waals surface area contributed by atoms with Crippen molar-refractivity contribution in [2.24, 2.45) is 5.92 Å². The number of rotatable bonds is 6. The van der Waals surface area contributed by atoms with Crippen molar-refractivity contribution < 1.29 is 0 Å². The first-order valence-corrected chi connectivity index (χ1v) is 7.81. The van der Waals surface area contributed by atoms with Gasteiger partial charge in [0, 0.05) is 22.2 Å². The molecule has 0 aliphatic heterocycles. The highest BCUT2D eigenvalue weighted by Gasteiger charge is 2.13. The molecule has 0 radical (unpaired) electrons. The minimum Gasteiger partial charge on any atom is -0.309 e. The predicted octanol–water partition coefficient (Wildman–Crippen LogP) is 4.34. The molecule has 17 heavy (non-hydrogen) atoms. The van der Waals surface area contributed by atoms with Crippen LogP contribution in [0.15, 0.2) is 35.0 Å². The molecular weight excluding hydrogens is 246 g/mol. The van der Waals surface area contributed by atoms with Crippen molar-refractivity contribution in [1.82, 2.24) is 5.32 Å². The van der Waals surface area contributed by atoms with Gasteiger partial charge in [0.1, 0.15) is 0 Å². The Morgan fingerprint density at radius 2 is 1.88 bits per heavy atom. The van der Waals surface area contributed by atoms with E-state index in [2.05, 4.69) is 54.2 Å². The molecule has 0 aliphatic rings. The molecule has 2 aromatic rings. The molecule has 92 valence electrons. The van der Waals surface area contributed by atoms with Crippen molar-refractivity contribution >= 4 is 22.7 Å². The topological polar surface area (TPSA) is 12.0 Å². The second-order valence-corrected chi connectivity index (χ2v) is 6.67. The highest BCUT2D eigenvalue weighted by atomic mass is 32.1. The van der Waals surface area contributed by atoms with Crippen molar-refractivity contribution in [2.75, 3.05) is 6.54 Å². The van der Waals surface area contributed by atoms with Gasteiger partial charge in [-0.25, -0.2) is 0 Å². The van der Waals surface area contributed by atoms with Crippen molar-refractivity contribution in [1.29, 1.82) is 0 Å². The monoisotopic (exact) mass is 265 g/mol. The summed E-state index contributed by atoms with van der Waals surface area (Å²) in [4.78, 5) is 2.90. The fourth-order valence-corrected chi connectivity index (χ4v) is 3.33. The number of nitrogens with one attached hydrogen (secondary N) is 1. The maximum Gasteiger partial charge on any atom is 0.0463 e. The average Bonchev–Trinajstić information content (AvgIpc) is 2.96. The zero-order chi connectivity index (χ0) is 12.1. The maximum absolute atomic E-state index is 3.68. The summed E-state index contributed by atoms with van der Waals surface area (Å²) >= 11 is 3.69. The van der Waals surface area contributed by atoms with E-state index in [1.807, 2.05) is 22.7 Å². The molecule has 2 aromatic heterocycles. The normalized spacial score (nSPS) is 13.1. The Bertz CT molecular complexity index is 403. The molecule has 0 spiro atoms. The van der Waals surface area contributed by atoms with Gasteiger partial charge < -0.3 is 5.32 Å². The summed E-state index contributed by atoms with van der Waals surface area (Å²) in [7, 11) is 0. The van der Waals surface area contributed by atoms with Crippen LogP contribution in [-0.2, 0) is 6.42 Å². The summed E-state index contributed by atoms with van der Waals surface area (Å²) in [6.45, 7) is 5.58. The van der Waals surface area contributed by atoms with Gasteiger partial charge in [-0.15, -0.1) is 22.7 Å². The minimum absolute atomic E-state index is 0.469. The second-order valence-electron chi connectivity index (χ2n) is 4.65. The van der Waals surface area contributed by atoms with Crippen LogP contribution in [0, 0.1) is 5.92 Å². The minimum atomic E-state index is 0.469. The lowest BCUT2D eigenvalue weighted by molar-refractivity contribution is 0.478. The highest BCUT2D eigenvalue weighted by Crippen LogP contribution is 2.24. The summed E-state index contributed by atoms with van der Waals surface area (Å²) < 4.78 is 0. The zero-order valence-electron chi connectivity index (χ0n) is 10.3. The van der Waals surface area contributed by atoms with E-state index in [9.17, 15) is 0 Å². The van der Waals surface area contributed by atoms with Gasteiger partial charge in [0.15, 0.2) is 0 Å². The molecule has 0 amide bonds. The molecule has 2 rings (SSSR count). The third kappa shape index (κ3) is 3.95. The lowest BCUT2D eigenvalue weighted by Gasteiger charge is -2.18. The summed E-state index contributed by atoms with van der Waals surface area (Å²) in [5.74, 6) is 0.695. The summed E-state index contributed by atoms with van der Waals surface area (Å²) in [6.07, 6.45) is 1.10. The van der Waals surface area contributed by atoms with Gasteiger partial charge >= 0.3 is 0 Å². The second kappa shape index (κ2) is 6.34. The maximum atomic E-state index is 3.68. The smallest absolute Gasteiger partial charge is 0.0463 e. The third-order valence-electron chi connectivity index (χ3n) is 2.64. The van der Waals surface area contributed by atoms with Gasteiger partial charge in [0.05, 0.1) is 0 Å². The number of hydrogen-bond donors (Lipinski definition) is 1. The van der Waals surface area contributed by atoms with Crippen LogP contribution < -0.4 is 5.32 Å². The Labute approximate surface area is 112 Å². The summed E-state index contributed by atoms with van der Waals surface area (Å²) in [6, 6.07) is 9.20. The Kier molecular flexibility index (Phi) is 4.77. The van der Waals surface area contributed by atoms with Crippen LogP contribution in [0.25, 0.3) is 0 Å². The quantitative estimate of drug-likeness (QED) is 0.819. The van der Waals surface area contributed by atoms with E-state index in [1.165, 1.54) is 9.75 Å². The molecule has 0 fully saturated rings. The van der Waals surface area contributed by atoms with Gasteiger partial charge in [0.2, 0.25) is 0 Å². The van der Waals surface area contributed by atoms with E-state index in [4.69, 9.17) is 0 Å². The van der Waals surface area contributed by atoms with Gasteiger partial charge in [0.25, 0.3) is 0 Å². The van der Waals surface area contributed by atoms with Crippen molar-refractivity contribution in [3.63, 3.8) is 0 Å². The standard InChI is InChI=1S/C14H19NS2/c1-11(2)10-15-13(14-6-4-8-17-14)9-12-5-3-7-16-12/h3-8,11,13,15H,9-10H2,1-2H3. The average molecular weight is 265 g/mol. The van der Waals surface area contributed by atoms with E-state index in [-0.39, 0.29) is 0 Å². The van der Waals surface area contributed by atoms with Crippen LogP contribution in [0.2, 0.25) is 0 Å². The van der Waals surface area contributed by atoms with Gasteiger partial charge in [-0.2, -0.15) is 0 Å². The van der Waals surface area contributed by atoms with E-state index >= 15 is 0 Å². The molecule has 1 nitrogen and oxygen atoms in total. The van der Waals surface area contributed by atoms with Crippen molar-refractivity contribution in [3.8, 4) is 0 Å². The molecule has 0 aliphatic carbocycles. The Morgan fingerprint density at radius 3 is 2.47 bits per heavy atom. The third-order valence-corrected chi connectivity index (χ3v) is 4.53. The largest absolute Gasteiger partial charge is 0.309 e. The van der Waals surface area contributed by atoms with Crippen molar-refractivity contribution in [2.45, 2.75) is 26.3 Å². The van der Waals surface area contributed by atoms with E-state index in [0.717, 1.165) is 13.0 Å². The Balaban J connectivity index is 2.02. The molecule has 0 bridgehead atoms. The van der Waals surface area contributed by atoms with Crippen LogP contribution >= 0.6 is 22.7 Å². The SMILES string of the molecule is CC(C)CNC(Cc1cccs1)c1cccs1. The lowest BCUT2D eigenvalue weighted by Crippen LogP contribution is -2.26. The molecule has 1 atom stereocenters. The first-order valence-electron chi connectivity index (χ1n) is 6.05. The first kappa shape index (κ1) is 12.8. The molecule has 0 aromatic carbocycles. The highest BCUT2D eigenvalue weighted by molar-refractivity contribution is 7.10.